The van der Waals surface area contributed by atoms with Crippen molar-refractivity contribution in [3.63, 3.8) is 0 Å². The molecule has 0 aromatic heterocycles. The summed E-state index contributed by atoms with van der Waals surface area (Å²) in [7, 11) is -3.41. The fraction of sp³-hybridized carbons (Fsp3) is 0.435. The Morgan fingerprint density at radius 2 is 1.97 bits per heavy atom. The molecule has 8 nitrogen and oxygen atoms in total. The number of carbonyl (C=O) groups excluding carboxylic acids is 1. The lowest BCUT2D eigenvalue weighted by molar-refractivity contribution is -0.142. The van der Waals surface area contributed by atoms with Crippen LogP contribution in [0.1, 0.15) is 42.9 Å². The molecule has 2 aromatic rings. The first-order valence-electron chi connectivity index (χ1n) is 10.6. The van der Waals surface area contributed by atoms with Crippen molar-refractivity contribution in [3.8, 4) is 5.75 Å². The van der Waals surface area contributed by atoms with Gasteiger partial charge in [0.1, 0.15) is 18.0 Å². The normalized spacial score (nSPS) is 25.2. The molecule has 3 N–H and O–H groups in total. The number of hydrogen-bond donors (Lipinski definition) is 3. The minimum Gasteiger partial charge on any atom is -0.487 e. The molecule has 9 heteroatoms. The molecule has 2 aliphatic rings. The quantitative estimate of drug-likeness (QED) is 0.584. The number of aliphatic hydroxyl groups is 1. The topological polar surface area (TPSA) is 114 Å². The second kappa shape index (κ2) is 9.09. The van der Waals surface area contributed by atoms with E-state index >= 15 is 0 Å². The van der Waals surface area contributed by atoms with E-state index < -0.39 is 22.2 Å². The molecule has 1 saturated heterocycles. The van der Waals surface area contributed by atoms with Gasteiger partial charge in [-0.2, -0.15) is 0 Å². The molecule has 0 saturated carbocycles. The Morgan fingerprint density at radius 3 is 2.66 bits per heavy atom. The van der Waals surface area contributed by atoms with Crippen LogP contribution in [0.4, 0.5) is 5.69 Å². The van der Waals surface area contributed by atoms with Crippen molar-refractivity contribution in [3.05, 3.63) is 59.7 Å². The van der Waals surface area contributed by atoms with Gasteiger partial charge >= 0.3 is 0 Å². The highest BCUT2D eigenvalue weighted by molar-refractivity contribution is 7.92. The van der Waals surface area contributed by atoms with Crippen molar-refractivity contribution in [2.75, 3.05) is 17.6 Å². The number of carbonyl (C=O) groups is 1. The molecule has 4 rings (SSSR count). The second-order valence-electron chi connectivity index (χ2n) is 8.43. The fourth-order valence-electron chi connectivity index (χ4n) is 4.50. The molecule has 172 valence electrons. The maximum absolute atomic E-state index is 12.7. The van der Waals surface area contributed by atoms with Gasteiger partial charge in [0.2, 0.25) is 15.9 Å². The Balaban J connectivity index is 1.47. The average Bonchev–Trinajstić information content (AvgIpc) is 3.10. The van der Waals surface area contributed by atoms with E-state index in [0.29, 0.717) is 17.9 Å². The number of ether oxygens (including phenoxy) is 2. The first-order valence-corrected chi connectivity index (χ1v) is 12.5. The van der Waals surface area contributed by atoms with Gasteiger partial charge in [0.25, 0.3) is 0 Å². The number of amides is 1. The highest BCUT2D eigenvalue weighted by atomic mass is 32.2. The summed E-state index contributed by atoms with van der Waals surface area (Å²) in [4.78, 5) is 12.7. The van der Waals surface area contributed by atoms with E-state index in [-0.39, 0.29) is 37.0 Å². The van der Waals surface area contributed by atoms with Crippen molar-refractivity contribution in [2.24, 2.45) is 0 Å². The first-order chi connectivity index (χ1) is 15.2. The van der Waals surface area contributed by atoms with E-state index in [1.54, 1.807) is 18.2 Å². The van der Waals surface area contributed by atoms with Gasteiger partial charge in [0.15, 0.2) is 0 Å². The van der Waals surface area contributed by atoms with Crippen LogP contribution < -0.4 is 14.8 Å². The van der Waals surface area contributed by atoms with Crippen molar-refractivity contribution in [2.45, 2.75) is 50.0 Å². The van der Waals surface area contributed by atoms with Crippen LogP contribution in [0.5, 0.6) is 5.75 Å². The Kier molecular flexibility index (Phi) is 6.41. The Morgan fingerprint density at radius 1 is 1.22 bits per heavy atom. The number of aliphatic hydroxyl groups excluding tert-OH is 1. The van der Waals surface area contributed by atoms with E-state index in [9.17, 15) is 18.3 Å². The summed E-state index contributed by atoms with van der Waals surface area (Å²) in [6.45, 7) is 1.70. The molecular formula is C23H28N2O6S. The number of nitrogens with one attached hydrogen (secondary N) is 2. The summed E-state index contributed by atoms with van der Waals surface area (Å²) in [5.74, 6) is 0.401. The van der Waals surface area contributed by atoms with Gasteiger partial charge < -0.3 is 19.9 Å². The third-order valence-corrected chi connectivity index (χ3v) is 6.50. The lowest BCUT2D eigenvalue weighted by Crippen LogP contribution is -2.47. The van der Waals surface area contributed by atoms with Gasteiger partial charge in [-0.05, 0) is 37.1 Å². The fourth-order valence-corrected chi connectivity index (χ4v) is 5.05. The summed E-state index contributed by atoms with van der Waals surface area (Å²) in [5.41, 5.74) is 2.32. The summed E-state index contributed by atoms with van der Waals surface area (Å²) in [6, 6.07) is 14.7. The van der Waals surface area contributed by atoms with Crippen LogP contribution in [0.2, 0.25) is 0 Å². The summed E-state index contributed by atoms with van der Waals surface area (Å²) >= 11 is 0. The van der Waals surface area contributed by atoms with Crippen LogP contribution in [0.15, 0.2) is 48.5 Å². The van der Waals surface area contributed by atoms with Gasteiger partial charge in [-0.1, -0.05) is 30.3 Å². The molecule has 5 atom stereocenters. The number of rotatable bonds is 7. The largest absolute Gasteiger partial charge is 0.487 e. The third-order valence-electron chi connectivity index (χ3n) is 5.89. The minimum atomic E-state index is -3.41. The molecular weight excluding hydrogens is 432 g/mol. The minimum absolute atomic E-state index is 0.110. The maximum atomic E-state index is 12.7. The van der Waals surface area contributed by atoms with Crippen molar-refractivity contribution in [1.82, 2.24) is 5.32 Å². The van der Waals surface area contributed by atoms with Gasteiger partial charge in [-0.15, -0.1) is 0 Å². The monoisotopic (exact) mass is 460 g/mol. The molecule has 0 unspecified atom stereocenters. The van der Waals surface area contributed by atoms with Gasteiger partial charge in [-0.3, -0.25) is 9.52 Å². The predicted molar refractivity (Wildman–Crippen MR) is 120 cm³/mol. The van der Waals surface area contributed by atoms with Gasteiger partial charge in [0, 0.05) is 17.2 Å². The average molecular weight is 461 g/mol. The van der Waals surface area contributed by atoms with Crippen molar-refractivity contribution >= 4 is 21.6 Å². The second-order valence-corrected chi connectivity index (χ2v) is 10.2. The van der Waals surface area contributed by atoms with Gasteiger partial charge in [0.05, 0.1) is 31.4 Å². The van der Waals surface area contributed by atoms with Crippen LogP contribution in [0.25, 0.3) is 0 Å². The van der Waals surface area contributed by atoms with Crippen LogP contribution in [-0.2, 0) is 19.6 Å². The Labute approximate surface area is 188 Å². The van der Waals surface area contributed by atoms with Crippen molar-refractivity contribution < 1.29 is 27.8 Å². The summed E-state index contributed by atoms with van der Waals surface area (Å²) in [5, 5.41) is 12.9. The molecule has 1 fully saturated rings. The molecule has 0 bridgehead atoms. The summed E-state index contributed by atoms with van der Waals surface area (Å²) < 4.78 is 37.7. The van der Waals surface area contributed by atoms with Crippen LogP contribution in [0.3, 0.4) is 0 Å². The van der Waals surface area contributed by atoms with Crippen LogP contribution >= 0.6 is 0 Å². The maximum Gasteiger partial charge on any atom is 0.229 e. The van der Waals surface area contributed by atoms with E-state index in [1.165, 1.54) is 0 Å². The molecule has 32 heavy (non-hydrogen) atoms. The van der Waals surface area contributed by atoms with E-state index in [2.05, 4.69) is 10.0 Å². The molecule has 0 aliphatic carbocycles. The number of anilines is 1. The SMILES string of the molecule is C[C@H](NC(=O)C[C@H]1C[C@H]2c3cc(NS(C)(=O)=O)ccc3O[C@H]2[C@@H](CO)O1)c1ccccc1. The smallest absolute Gasteiger partial charge is 0.229 e. The van der Waals surface area contributed by atoms with E-state index in [4.69, 9.17) is 9.47 Å². The zero-order chi connectivity index (χ0) is 22.9. The predicted octanol–water partition coefficient (Wildman–Crippen LogP) is 2.32. The molecule has 0 spiro atoms. The molecule has 2 aromatic carbocycles. The lowest BCUT2D eigenvalue weighted by atomic mass is 9.84. The number of fused-ring (bicyclic) bond motifs is 3. The van der Waals surface area contributed by atoms with E-state index in [1.807, 2.05) is 37.3 Å². The molecule has 1 amide bonds. The van der Waals surface area contributed by atoms with Gasteiger partial charge in [-0.25, -0.2) is 8.42 Å². The number of hydrogen-bond acceptors (Lipinski definition) is 6. The molecule has 0 radical (unpaired) electrons. The highest BCUT2D eigenvalue weighted by Crippen LogP contribution is 2.47. The zero-order valence-electron chi connectivity index (χ0n) is 18.0. The standard InChI is InChI=1S/C23H28N2O6S/c1-14(15-6-4-3-5-7-15)24-22(27)12-17-11-19-18-10-16(25-32(2,28)29)8-9-20(18)31-23(19)21(13-26)30-17/h3-10,14,17,19,21,23,25-26H,11-13H2,1-2H3,(H,24,27)/t14-,17+,19-,21+,23+/m0/s1. The lowest BCUT2D eigenvalue weighted by Gasteiger charge is -2.37. The van der Waals surface area contributed by atoms with Crippen LogP contribution in [-0.4, -0.2) is 50.6 Å². The first kappa shape index (κ1) is 22.6. The number of benzene rings is 2. The summed E-state index contributed by atoms with van der Waals surface area (Å²) in [6.07, 6.45) is 0.443. The van der Waals surface area contributed by atoms with Crippen LogP contribution in [0, 0.1) is 0 Å². The Hall–Kier alpha value is -2.62. The zero-order valence-corrected chi connectivity index (χ0v) is 18.8. The molecule has 2 heterocycles. The third kappa shape index (κ3) is 5.06. The molecule has 2 aliphatic heterocycles. The Bertz CT molecular complexity index is 1080. The van der Waals surface area contributed by atoms with Crippen molar-refractivity contribution in [1.29, 1.82) is 0 Å². The highest BCUT2D eigenvalue weighted by Gasteiger charge is 2.46. The number of sulfonamides is 1. The van der Waals surface area contributed by atoms with E-state index in [0.717, 1.165) is 17.4 Å².